The van der Waals surface area contributed by atoms with Crippen LogP contribution in [0.2, 0.25) is 0 Å². The molecule has 10 heteroatoms. The molecule has 0 amide bonds. The van der Waals surface area contributed by atoms with Gasteiger partial charge in [0.25, 0.3) is 0 Å². The first-order valence-electron chi connectivity index (χ1n) is 11.2. The van der Waals surface area contributed by atoms with Gasteiger partial charge in [0, 0.05) is 6.54 Å². The summed E-state index contributed by atoms with van der Waals surface area (Å²) in [6.45, 7) is 6.30. The molecule has 0 heterocycles. The van der Waals surface area contributed by atoms with E-state index in [1.807, 2.05) is 27.9 Å². The van der Waals surface area contributed by atoms with Crippen LogP contribution >= 0.6 is 0 Å². The summed E-state index contributed by atoms with van der Waals surface area (Å²) >= 11 is 0. The molecule has 178 valence electrons. The molecule has 0 saturated carbocycles. The zero-order chi connectivity index (χ0) is 23.8. The van der Waals surface area contributed by atoms with Crippen molar-refractivity contribution in [3.8, 4) is 6.19 Å². The van der Waals surface area contributed by atoms with E-state index >= 15 is 0 Å². The van der Waals surface area contributed by atoms with Crippen molar-refractivity contribution in [3.63, 3.8) is 0 Å². The quantitative estimate of drug-likeness (QED) is 0.0683. The largest absolute Gasteiger partial charge is 0.369 e. The Labute approximate surface area is 188 Å². The number of nitrogens with two attached hydrogens (primary N) is 4. The lowest BCUT2D eigenvalue weighted by Gasteiger charge is -2.27. The van der Waals surface area contributed by atoms with Gasteiger partial charge in [-0.15, -0.1) is 4.99 Å². The van der Waals surface area contributed by atoms with E-state index in [1.165, 1.54) is 0 Å². The third-order valence-corrected chi connectivity index (χ3v) is 5.10. The van der Waals surface area contributed by atoms with E-state index in [2.05, 4.69) is 20.3 Å². The van der Waals surface area contributed by atoms with Crippen LogP contribution in [0.5, 0.6) is 0 Å². The molecule has 0 fully saturated rings. The van der Waals surface area contributed by atoms with Crippen molar-refractivity contribution in [2.75, 3.05) is 33.7 Å². The number of hydrogen-bond acceptors (Lipinski definition) is 4. The minimum absolute atomic E-state index is 0.158. The molecule has 0 saturated heterocycles. The summed E-state index contributed by atoms with van der Waals surface area (Å²) in [5.41, 5.74) is 23.0. The Morgan fingerprint density at radius 1 is 0.968 bits per heavy atom. The van der Waals surface area contributed by atoms with Gasteiger partial charge in [0.1, 0.15) is 0 Å². The van der Waals surface area contributed by atoms with Gasteiger partial charge in [-0.05, 0) is 52.5 Å². The number of guanidine groups is 3. The second kappa shape index (κ2) is 15.4. The lowest BCUT2D eigenvalue weighted by molar-refractivity contribution is -0.800. The molecule has 0 aromatic carbocycles. The van der Waals surface area contributed by atoms with Crippen molar-refractivity contribution in [2.45, 2.75) is 77.2 Å². The SMILES string of the molecule is CC(C)(CCCCCCN=C(N)/N=C(\N)[N+](C)(C)CCCCCCN)N=C(N)NC#N. The number of rotatable bonds is 14. The van der Waals surface area contributed by atoms with E-state index in [0.29, 0.717) is 17.0 Å². The van der Waals surface area contributed by atoms with E-state index in [4.69, 9.17) is 28.2 Å². The lowest BCUT2D eigenvalue weighted by Crippen LogP contribution is -2.51. The monoisotopic (exact) mass is 437 g/mol. The summed E-state index contributed by atoms with van der Waals surface area (Å²) in [5, 5.41) is 10.9. The maximum atomic E-state index is 8.56. The van der Waals surface area contributed by atoms with Gasteiger partial charge in [-0.2, -0.15) is 5.26 Å². The molecule has 0 aliphatic carbocycles. The van der Waals surface area contributed by atoms with Crippen LogP contribution < -0.4 is 28.3 Å². The van der Waals surface area contributed by atoms with E-state index in [1.54, 1.807) is 6.19 Å². The molecule has 31 heavy (non-hydrogen) atoms. The minimum atomic E-state index is -0.293. The zero-order valence-electron chi connectivity index (χ0n) is 20.0. The first-order valence-corrected chi connectivity index (χ1v) is 11.2. The van der Waals surface area contributed by atoms with Crippen LogP contribution in [0.1, 0.15) is 71.6 Å². The third kappa shape index (κ3) is 15.1. The van der Waals surface area contributed by atoms with Gasteiger partial charge in [-0.3, -0.25) is 14.8 Å². The molecule has 0 bridgehead atoms. The molecular weight excluding hydrogens is 392 g/mol. The molecule has 0 rings (SSSR count). The third-order valence-electron chi connectivity index (χ3n) is 5.10. The number of aliphatic imine (C=N–C) groups is 3. The first kappa shape index (κ1) is 28.6. The van der Waals surface area contributed by atoms with Crippen LogP contribution in [0, 0.1) is 11.5 Å². The molecular formula is C21H45N10+. The van der Waals surface area contributed by atoms with E-state index in [0.717, 1.165) is 70.9 Å². The van der Waals surface area contributed by atoms with Crippen LogP contribution in [-0.2, 0) is 0 Å². The van der Waals surface area contributed by atoms with E-state index in [-0.39, 0.29) is 17.5 Å². The van der Waals surface area contributed by atoms with Gasteiger partial charge in [-0.25, -0.2) is 4.99 Å². The Hall–Kier alpha value is -2.38. The highest BCUT2D eigenvalue weighted by atomic mass is 15.4. The zero-order valence-corrected chi connectivity index (χ0v) is 20.0. The van der Waals surface area contributed by atoms with E-state index < -0.39 is 0 Å². The normalized spacial score (nSPS) is 13.9. The lowest BCUT2D eigenvalue weighted by atomic mass is 9.97. The van der Waals surface area contributed by atoms with Crippen molar-refractivity contribution in [1.82, 2.24) is 5.32 Å². The van der Waals surface area contributed by atoms with Gasteiger partial charge in [0.05, 0.1) is 26.2 Å². The number of nitrogens with one attached hydrogen (secondary N) is 1. The van der Waals surface area contributed by atoms with Crippen LogP contribution in [0.3, 0.4) is 0 Å². The molecule has 0 aliphatic heterocycles. The fraction of sp³-hybridized carbons (Fsp3) is 0.810. The molecule has 0 spiro atoms. The number of nitrogens with zero attached hydrogens (tertiary/aromatic N) is 5. The highest BCUT2D eigenvalue weighted by Crippen LogP contribution is 2.18. The summed E-state index contributed by atoms with van der Waals surface area (Å²) in [5.74, 6) is 0.876. The fourth-order valence-corrected chi connectivity index (χ4v) is 3.09. The fourth-order valence-electron chi connectivity index (χ4n) is 3.09. The number of nitriles is 1. The standard InChI is InChI=1S/C21H45N10/c1-21(2,30-19(25)28-17-23)13-9-5-7-11-15-27-18(24)29-20(26)31(3,4)16-12-8-6-10-14-22/h5-16,22H2,1-4H3,(H3,25,28,30)(H4,24,26,27,29)/q+1. The second-order valence-electron chi connectivity index (χ2n) is 9.03. The van der Waals surface area contributed by atoms with Crippen molar-refractivity contribution in [1.29, 1.82) is 5.26 Å². The minimum Gasteiger partial charge on any atom is -0.369 e. The Balaban J connectivity index is 4.21. The summed E-state index contributed by atoms with van der Waals surface area (Å²) in [4.78, 5) is 12.9. The predicted molar refractivity (Wildman–Crippen MR) is 130 cm³/mol. The average molecular weight is 438 g/mol. The molecule has 0 unspecified atom stereocenters. The Morgan fingerprint density at radius 2 is 1.58 bits per heavy atom. The molecule has 0 aliphatic rings. The second-order valence-corrected chi connectivity index (χ2v) is 9.03. The molecule has 0 radical (unpaired) electrons. The van der Waals surface area contributed by atoms with Crippen molar-refractivity contribution < 1.29 is 4.48 Å². The van der Waals surface area contributed by atoms with Crippen LogP contribution in [0.4, 0.5) is 0 Å². The molecule has 0 atom stereocenters. The highest BCUT2D eigenvalue weighted by Gasteiger charge is 2.21. The van der Waals surface area contributed by atoms with Gasteiger partial charge in [0.15, 0.2) is 6.19 Å². The van der Waals surface area contributed by atoms with Gasteiger partial charge >= 0.3 is 5.96 Å². The number of unbranched alkanes of at least 4 members (excludes halogenated alkanes) is 6. The number of quaternary nitrogens is 1. The van der Waals surface area contributed by atoms with Crippen LogP contribution in [0.15, 0.2) is 15.0 Å². The van der Waals surface area contributed by atoms with Gasteiger partial charge in [0.2, 0.25) is 11.9 Å². The Morgan fingerprint density at radius 3 is 2.23 bits per heavy atom. The summed E-state index contributed by atoms with van der Waals surface area (Å²) in [6.07, 6.45) is 11.2. The summed E-state index contributed by atoms with van der Waals surface area (Å²) in [7, 11) is 4.06. The molecule has 9 N–H and O–H groups in total. The number of hydrogen-bond donors (Lipinski definition) is 5. The highest BCUT2D eigenvalue weighted by molar-refractivity contribution is 5.90. The summed E-state index contributed by atoms with van der Waals surface area (Å²) in [6, 6.07) is 0. The maximum Gasteiger partial charge on any atom is 0.302 e. The van der Waals surface area contributed by atoms with Gasteiger partial charge < -0.3 is 22.9 Å². The first-order chi connectivity index (χ1) is 14.5. The molecule has 0 aromatic heterocycles. The van der Waals surface area contributed by atoms with E-state index in [9.17, 15) is 0 Å². The van der Waals surface area contributed by atoms with Crippen molar-refractivity contribution >= 4 is 17.9 Å². The van der Waals surface area contributed by atoms with Gasteiger partial charge in [-0.1, -0.05) is 25.7 Å². The predicted octanol–water partition coefficient (Wildman–Crippen LogP) is 1.33. The van der Waals surface area contributed by atoms with Crippen molar-refractivity contribution in [2.24, 2.45) is 37.9 Å². The smallest absolute Gasteiger partial charge is 0.302 e. The van der Waals surface area contributed by atoms with Crippen molar-refractivity contribution in [3.05, 3.63) is 0 Å². The topological polar surface area (TPSA) is 177 Å². The molecule has 0 aromatic rings. The van der Waals surface area contributed by atoms with Crippen LogP contribution in [-0.4, -0.2) is 61.6 Å². The van der Waals surface area contributed by atoms with Crippen LogP contribution in [0.25, 0.3) is 0 Å². The average Bonchev–Trinajstić information content (AvgIpc) is 2.66. The Kier molecular flexibility index (Phi) is 14.2. The maximum absolute atomic E-state index is 8.56. The summed E-state index contributed by atoms with van der Waals surface area (Å²) < 4.78 is 0.505. The molecule has 10 nitrogen and oxygen atoms in total. The Bertz CT molecular complexity index is 629.